The molecular weight excluding hydrogens is 380 g/mol. The lowest BCUT2D eigenvalue weighted by molar-refractivity contribution is -0.136. The van der Waals surface area contributed by atoms with E-state index in [-0.39, 0.29) is 11.8 Å². The molecule has 0 aliphatic carbocycles. The first-order valence-corrected chi connectivity index (χ1v) is 10.2. The molecule has 1 aliphatic rings. The fraction of sp³-hybridized carbons (Fsp3) is 0.391. The van der Waals surface area contributed by atoms with E-state index in [1.165, 1.54) is 0 Å². The van der Waals surface area contributed by atoms with Crippen LogP contribution in [0.15, 0.2) is 59.6 Å². The quantitative estimate of drug-likeness (QED) is 0.540. The Morgan fingerprint density at radius 3 is 2.50 bits per heavy atom. The third-order valence-electron chi connectivity index (χ3n) is 5.16. The first kappa shape index (κ1) is 21.6. The number of nitrogens with zero attached hydrogens (tertiary/aromatic N) is 2. The molecule has 0 aromatic heterocycles. The molecule has 7 nitrogen and oxygen atoms in total. The molecule has 1 atom stereocenters. The second-order valence-electron chi connectivity index (χ2n) is 7.02. The summed E-state index contributed by atoms with van der Waals surface area (Å²) in [5.41, 5.74) is 2.02. The molecule has 7 heteroatoms. The molecule has 2 N–H and O–H groups in total. The Balaban J connectivity index is 1.65. The molecule has 1 unspecified atom stereocenters. The van der Waals surface area contributed by atoms with Crippen molar-refractivity contribution < 1.29 is 14.3 Å². The van der Waals surface area contributed by atoms with E-state index in [1.54, 1.807) is 14.2 Å². The Bertz CT molecular complexity index is 835. The minimum Gasteiger partial charge on any atom is -0.496 e. The molecular formula is C23H30N4O3. The smallest absolute Gasteiger partial charge is 0.232 e. The van der Waals surface area contributed by atoms with Crippen LogP contribution in [-0.4, -0.2) is 63.8 Å². The standard InChI is InChI=1S/C23H30N4O3/c1-24-23(25-16-19-10-6-7-11-21(19)29-2)26-17-20(18-8-4-3-5-9-18)22(28)27-12-14-30-15-13-27/h3-11,20H,12-17H2,1-2H3,(H2,24,25,26). The van der Waals surface area contributed by atoms with Crippen LogP contribution in [0.5, 0.6) is 5.75 Å². The number of methoxy groups -OCH3 is 1. The van der Waals surface area contributed by atoms with E-state index in [1.807, 2.05) is 59.5 Å². The highest BCUT2D eigenvalue weighted by atomic mass is 16.5. The van der Waals surface area contributed by atoms with E-state index < -0.39 is 0 Å². The lowest BCUT2D eigenvalue weighted by Crippen LogP contribution is -2.47. The maximum atomic E-state index is 13.2. The van der Waals surface area contributed by atoms with Crippen LogP contribution in [0.1, 0.15) is 17.0 Å². The van der Waals surface area contributed by atoms with Crippen molar-refractivity contribution in [3.63, 3.8) is 0 Å². The summed E-state index contributed by atoms with van der Waals surface area (Å²) in [7, 11) is 3.38. The molecule has 1 aliphatic heterocycles. The molecule has 0 radical (unpaired) electrons. The van der Waals surface area contributed by atoms with Gasteiger partial charge in [-0.05, 0) is 11.6 Å². The Morgan fingerprint density at radius 1 is 1.10 bits per heavy atom. The van der Waals surface area contributed by atoms with Gasteiger partial charge in [0, 0.05) is 38.8 Å². The molecule has 0 bridgehead atoms. The number of nitrogens with one attached hydrogen (secondary N) is 2. The van der Waals surface area contributed by atoms with Crippen molar-refractivity contribution in [2.75, 3.05) is 47.0 Å². The lowest BCUT2D eigenvalue weighted by Gasteiger charge is -2.31. The highest BCUT2D eigenvalue weighted by Gasteiger charge is 2.27. The van der Waals surface area contributed by atoms with Gasteiger partial charge >= 0.3 is 0 Å². The molecule has 160 valence electrons. The van der Waals surface area contributed by atoms with E-state index >= 15 is 0 Å². The van der Waals surface area contributed by atoms with Gasteiger partial charge in [-0.25, -0.2) is 0 Å². The van der Waals surface area contributed by atoms with Gasteiger partial charge in [0.1, 0.15) is 5.75 Å². The van der Waals surface area contributed by atoms with Crippen LogP contribution in [0.25, 0.3) is 0 Å². The van der Waals surface area contributed by atoms with Gasteiger partial charge in [0.15, 0.2) is 5.96 Å². The number of aliphatic imine (C=N–C) groups is 1. The summed E-state index contributed by atoms with van der Waals surface area (Å²) in [6.45, 7) is 3.44. The third kappa shape index (κ3) is 5.73. The van der Waals surface area contributed by atoms with Crippen molar-refractivity contribution in [3.05, 3.63) is 65.7 Å². The number of benzene rings is 2. The summed E-state index contributed by atoms with van der Waals surface area (Å²) in [5, 5.41) is 6.61. The van der Waals surface area contributed by atoms with Crippen LogP contribution in [0, 0.1) is 0 Å². The van der Waals surface area contributed by atoms with E-state index in [9.17, 15) is 4.79 Å². The Kier molecular flexibility index (Phi) is 8.09. The van der Waals surface area contributed by atoms with Crippen LogP contribution in [0.4, 0.5) is 0 Å². The van der Waals surface area contributed by atoms with Crippen molar-refractivity contribution in [3.8, 4) is 5.75 Å². The molecule has 2 aromatic rings. The van der Waals surface area contributed by atoms with Gasteiger partial charge in [-0.3, -0.25) is 9.79 Å². The van der Waals surface area contributed by atoms with Gasteiger partial charge in [-0.15, -0.1) is 0 Å². The van der Waals surface area contributed by atoms with Gasteiger partial charge in [-0.1, -0.05) is 48.5 Å². The second-order valence-corrected chi connectivity index (χ2v) is 7.02. The molecule has 3 rings (SSSR count). The minimum absolute atomic E-state index is 0.109. The second kappa shape index (κ2) is 11.2. The fourth-order valence-corrected chi connectivity index (χ4v) is 3.48. The maximum Gasteiger partial charge on any atom is 0.232 e. The van der Waals surface area contributed by atoms with E-state index in [0.717, 1.165) is 16.9 Å². The van der Waals surface area contributed by atoms with Gasteiger partial charge < -0.3 is 25.0 Å². The van der Waals surface area contributed by atoms with Gasteiger partial charge in [0.05, 0.1) is 26.2 Å². The average Bonchev–Trinajstić information content (AvgIpc) is 2.82. The van der Waals surface area contributed by atoms with Crippen molar-refractivity contribution in [2.45, 2.75) is 12.5 Å². The van der Waals surface area contributed by atoms with Crippen LogP contribution >= 0.6 is 0 Å². The number of hydrogen-bond acceptors (Lipinski definition) is 4. The molecule has 1 amide bonds. The fourth-order valence-electron chi connectivity index (χ4n) is 3.48. The van der Waals surface area contributed by atoms with E-state index in [0.29, 0.717) is 45.4 Å². The monoisotopic (exact) mass is 410 g/mol. The number of morpholine rings is 1. The molecule has 1 heterocycles. The van der Waals surface area contributed by atoms with Gasteiger partial charge in [0.2, 0.25) is 5.91 Å². The molecule has 0 saturated carbocycles. The van der Waals surface area contributed by atoms with Crippen molar-refractivity contribution in [1.29, 1.82) is 0 Å². The summed E-state index contributed by atoms with van der Waals surface area (Å²) in [5.74, 6) is 1.27. The molecule has 30 heavy (non-hydrogen) atoms. The summed E-state index contributed by atoms with van der Waals surface area (Å²) >= 11 is 0. The Labute approximate surface area is 178 Å². The highest BCUT2D eigenvalue weighted by molar-refractivity contribution is 5.86. The minimum atomic E-state index is -0.297. The zero-order valence-electron chi connectivity index (χ0n) is 17.6. The average molecular weight is 411 g/mol. The highest BCUT2D eigenvalue weighted by Crippen LogP contribution is 2.19. The van der Waals surface area contributed by atoms with E-state index in [2.05, 4.69) is 15.6 Å². The number of rotatable bonds is 7. The Hall–Kier alpha value is -3.06. The van der Waals surface area contributed by atoms with Crippen LogP contribution in [-0.2, 0) is 16.1 Å². The topological polar surface area (TPSA) is 75.2 Å². The number of guanidine groups is 1. The van der Waals surface area contributed by atoms with Crippen LogP contribution in [0.2, 0.25) is 0 Å². The number of amides is 1. The first-order valence-electron chi connectivity index (χ1n) is 10.2. The summed E-state index contributed by atoms with van der Waals surface area (Å²) < 4.78 is 10.8. The van der Waals surface area contributed by atoms with Crippen LogP contribution < -0.4 is 15.4 Å². The molecule has 1 saturated heterocycles. The van der Waals surface area contributed by atoms with Crippen molar-refractivity contribution in [2.24, 2.45) is 4.99 Å². The molecule has 0 spiro atoms. The van der Waals surface area contributed by atoms with Crippen LogP contribution in [0.3, 0.4) is 0 Å². The summed E-state index contributed by atoms with van der Waals surface area (Å²) in [6, 6.07) is 17.7. The van der Waals surface area contributed by atoms with Crippen molar-refractivity contribution in [1.82, 2.24) is 15.5 Å². The SMILES string of the molecule is CN=C(NCc1ccccc1OC)NCC(C(=O)N1CCOCC1)c1ccccc1. The maximum absolute atomic E-state index is 13.2. The number of para-hydroxylation sites is 1. The number of carbonyl (C=O) groups excluding carboxylic acids is 1. The number of carbonyl (C=O) groups is 1. The predicted octanol–water partition coefficient (Wildman–Crippen LogP) is 2.00. The third-order valence-corrected chi connectivity index (χ3v) is 5.16. The predicted molar refractivity (Wildman–Crippen MR) is 118 cm³/mol. The Morgan fingerprint density at radius 2 is 1.80 bits per heavy atom. The van der Waals surface area contributed by atoms with E-state index in [4.69, 9.17) is 9.47 Å². The largest absolute Gasteiger partial charge is 0.496 e. The summed E-state index contributed by atoms with van der Waals surface area (Å²) in [6.07, 6.45) is 0. The zero-order valence-corrected chi connectivity index (χ0v) is 17.6. The number of ether oxygens (including phenoxy) is 2. The van der Waals surface area contributed by atoms with Crippen molar-refractivity contribution >= 4 is 11.9 Å². The lowest BCUT2D eigenvalue weighted by atomic mass is 9.97. The molecule has 1 fully saturated rings. The molecule has 2 aromatic carbocycles. The number of hydrogen-bond donors (Lipinski definition) is 2. The summed E-state index contributed by atoms with van der Waals surface area (Å²) in [4.78, 5) is 19.4. The zero-order chi connectivity index (χ0) is 21.2. The first-order chi connectivity index (χ1) is 14.7. The van der Waals surface area contributed by atoms with Gasteiger partial charge in [-0.2, -0.15) is 0 Å². The van der Waals surface area contributed by atoms with Gasteiger partial charge in [0.25, 0.3) is 0 Å². The normalized spacial score (nSPS) is 15.4.